The van der Waals surface area contributed by atoms with Gasteiger partial charge in [0.05, 0.1) is 5.69 Å². The van der Waals surface area contributed by atoms with Gasteiger partial charge in [0.15, 0.2) is 0 Å². The third kappa shape index (κ3) is 3.13. The zero-order valence-electron chi connectivity index (χ0n) is 14.2. The van der Waals surface area contributed by atoms with E-state index in [1.807, 2.05) is 46.8 Å². The highest BCUT2D eigenvalue weighted by Crippen LogP contribution is 2.38. The second kappa shape index (κ2) is 6.07. The minimum atomic E-state index is -0.290. The van der Waals surface area contributed by atoms with Gasteiger partial charge in [-0.3, -0.25) is 4.98 Å². The Labute approximate surface area is 132 Å². The number of hydrogen-bond donors (Lipinski definition) is 0. The molecule has 0 saturated carbocycles. The predicted octanol–water partition coefficient (Wildman–Crippen LogP) is 5.63. The van der Waals surface area contributed by atoms with Crippen LogP contribution in [0.2, 0.25) is 0 Å². The van der Waals surface area contributed by atoms with Gasteiger partial charge in [-0.05, 0) is 56.4 Å². The van der Waals surface area contributed by atoms with E-state index >= 15 is 0 Å². The van der Waals surface area contributed by atoms with E-state index in [1.165, 1.54) is 6.07 Å². The van der Waals surface area contributed by atoms with Gasteiger partial charge in [-0.25, -0.2) is 4.39 Å². The average molecular weight is 301 g/mol. The number of benzene rings is 1. The summed E-state index contributed by atoms with van der Waals surface area (Å²) in [7, 11) is 0. The SMILES string of the molecule is CCC(C)(C)c1c(F)cccc1Oc1cc(C)c(C)nc1C. The standard InChI is InChI=1S/C19H24FNO/c1-7-19(5,6)18-15(20)9-8-10-16(18)22-17-11-12(2)13(3)21-14(17)4/h8-11H,7H2,1-6H3. The molecule has 0 spiro atoms. The molecule has 0 aliphatic rings. The molecule has 2 rings (SSSR count). The van der Waals surface area contributed by atoms with Gasteiger partial charge >= 0.3 is 0 Å². The van der Waals surface area contributed by atoms with Crippen molar-refractivity contribution >= 4 is 0 Å². The normalized spacial score (nSPS) is 11.6. The zero-order valence-corrected chi connectivity index (χ0v) is 14.2. The molecule has 1 aromatic carbocycles. The van der Waals surface area contributed by atoms with Gasteiger partial charge in [-0.2, -0.15) is 0 Å². The van der Waals surface area contributed by atoms with Crippen LogP contribution >= 0.6 is 0 Å². The topological polar surface area (TPSA) is 22.1 Å². The quantitative estimate of drug-likeness (QED) is 0.730. The van der Waals surface area contributed by atoms with Gasteiger partial charge in [-0.15, -0.1) is 0 Å². The fourth-order valence-corrected chi connectivity index (χ4v) is 2.45. The fraction of sp³-hybridized carbons (Fsp3) is 0.421. The Bertz CT molecular complexity index is 692. The molecule has 0 aliphatic heterocycles. The maximum Gasteiger partial charge on any atom is 0.148 e. The molecule has 2 aromatic rings. The van der Waals surface area contributed by atoms with Crippen molar-refractivity contribution in [2.45, 2.75) is 53.4 Å². The van der Waals surface area contributed by atoms with Crippen LogP contribution in [0.15, 0.2) is 24.3 Å². The van der Waals surface area contributed by atoms with Crippen LogP contribution in [0.1, 0.15) is 49.7 Å². The molecule has 0 atom stereocenters. The van der Waals surface area contributed by atoms with Crippen LogP contribution in [0.25, 0.3) is 0 Å². The highest BCUT2D eigenvalue weighted by atomic mass is 19.1. The van der Waals surface area contributed by atoms with E-state index < -0.39 is 0 Å². The van der Waals surface area contributed by atoms with Crippen LogP contribution in [0.4, 0.5) is 4.39 Å². The van der Waals surface area contributed by atoms with Gasteiger partial charge < -0.3 is 4.74 Å². The zero-order chi connectivity index (χ0) is 16.5. The summed E-state index contributed by atoms with van der Waals surface area (Å²) >= 11 is 0. The second-order valence-electron chi connectivity index (χ2n) is 6.43. The molecule has 0 unspecified atom stereocenters. The summed E-state index contributed by atoms with van der Waals surface area (Å²) in [6, 6.07) is 6.96. The molecule has 1 heterocycles. The van der Waals surface area contributed by atoms with Crippen molar-refractivity contribution in [1.29, 1.82) is 0 Å². The number of pyridine rings is 1. The lowest BCUT2D eigenvalue weighted by molar-refractivity contribution is 0.412. The lowest BCUT2D eigenvalue weighted by Crippen LogP contribution is -2.18. The lowest BCUT2D eigenvalue weighted by atomic mass is 9.81. The molecule has 0 radical (unpaired) electrons. The summed E-state index contributed by atoms with van der Waals surface area (Å²) < 4.78 is 20.4. The molecule has 0 amide bonds. The van der Waals surface area contributed by atoms with Gasteiger partial charge in [0.2, 0.25) is 0 Å². The Morgan fingerprint density at radius 2 is 1.77 bits per heavy atom. The number of halogens is 1. The smallest absolute Gasteiger partial charge is 0.148 e. The van der Waals surface area contributed by atoms with E-state index in [4.69, 9.17) is 4.74 Å². The number of ether oxygens (including phenoxy) is 1. The Hall–Kier alpha value is -1.90. The molecule has 0 bridgehead atoms. The van der Waals surface area contributed by atoms with Crippen molar-refractivity contribution in [2.24, 2.45) is 0 Å². The molecule has 118 valence electrons. The van der Waals surface area contributed by atoms with E-state index in [0.29, 0.717) is 17.1 Å². The van der Waals surface area contributed by atoms with Gasteiger partial charge in [0, 0.05) is 11.3 Å². The van der Waals surface area contributed by atoms with Crippen molar-refractivity contribution in [3.63, 3.8) is 0 Å². The predicted molar refractivity (Wildman–Crippen MR) is 88.2 cm³/mol. The first-order valence-electron chi connectivity index (χ1n) is 7.68. The number of rotatable bonds is 4. The van der Waals surface area contributed by atoms with Crippen molar-refractivity contribution in [2.75, 3.05) is 0 Å². The molecule has 0 N–H and O–H groups in total. The Balaban J connectivity index is 2.51. The first-order valence-corrected chi connectivity index (χ1v) is 7.68. The second-order valence-corrected chi connectivity index (χ2v) is 6.43. The molecule has 0 saturated heterocycles. The summed E-state index contributed by atoms with van der Waals surface area (Å²) in [6.07, 6.45) is 0.828. The molecule has 22 heavy (non-hydrogen) atoms. The van der Waals surface area contributed by atoms with Crippen molar-refractivity contribution in [1.82, 2.24) is 4.98 Å². The third-order valence-electron chi connectivity index (χ3n) is 4.37. The van der Waals surface area contributed by atoms with Crippen molar-refractivity contribution in [3.8, 4) is 11.5 Å². The maximum absolute atomic E-state index is 14.4. The third-order valence-corrected chi connectivity index (χ3v) is 4.37. The summed E-state index contributed by atoms with van der Waals surface area (Å²) in [6.45, 7) is 12.0. The van der Waals surface area contributed by atoms with Gasteiger partial charge in [0.25, 0.3) is 0 Å². The monoisotopic (exact) mass is 301 g/mol. The lowest BCUT2D eigenvalue weighted by Gasteiger charge is -2.26. The van der Waals surface area contributed by atoms with Crippen molar-refractivity contribution < 1.29 is 9.13 Å². The minimum absolute atomic E-state index is 0.223. The maximum atomic E-state index is 14.4. The summed E-state index contributed by atoms with van der Waals surface area (Å²) in [5.41, 5.74) is 3.19. The fourth-order valence-electron chi connectivity index (χ4n) is 2.45. The number of hydrogen-bond acceptors (Lipinski definition) is 2. The minimum Gasteiger partial charge on any atom is -0.455 e. The molecule has 0 fully saturated rings. The Kier molecular flexibility index (Phi) is 4.55. The van der Waals surface area contributed by atoms with Crippen LogP contribution in [0.5, 0.6) is 11.5 Å². The first-order chi connectivity index (χ1) is 10.3. The highest BCUT2D eigenvalue weighted by molar-refractivity contribution is 5.44. The average Bonchev–Trinajstić information content (AvgIpc) is 2.44. The van der Waals surface area contributed by atoms with Crippen molar-refractivity contribution in [3.05, 3.63) is 52.6 Å². The molecule has 0 aliphatic carbocycles. The molecule has 3 heteroatoms. The van der Waals surface area contributed by atoms with Crippen LogP contribution in [0.3, 0.4) is 0 Å². The van der Waals surface area contributed by atoms with E-state index in [2.05, 4.69) is 11.9 Å². The Morgan fingerprint density at radius 1 is 1.09 bits per heavy atom. The Morgan fingerprint density at radius 3 is 2.41 bits per heavy atom. The number of nitrogens with zero attached hydrogens (tertiary/aromatic N) is 1. The number of aromatic nitrogens is 1. The van der Waals surface area contributed by atoms with Crippen LogP contribution < -0.4 is 4.74 Å². The summed E-state index contributed by atoms with van der Waals surface area (Å²) in [5.74, 6) is 1.03. The summed E-state index contributed by atoms with van der Waals surface area (Å²) in [4.78, 5) is 4.48. The first kappa shape index (κ1) is 16.5. The van der Waals surface area contributed by atoms with E-state index in [-0.39, 0.29) is 11.2 Å². The molecular weight excluding hydrogens is 277 g/mol. The van der Waals surface area contributed by atoms with E-state index in [9.17, 15) is 4.39 Å². The van der Waals surface area contributed by atoms with Crippen LogP contribution in [0, 0.1) is 26.6 Å². The molecular formula is C19H24FNO. The van der Waals surface area contributed by atoms with Gasteiger partial charge in [-0.1, -0.05) is 26.8 Å². The van der Waals surface area contributed by atoms with Gasteiger partial charge in [0.1, 0.15) is 17.3 Å². The molecule has 2 nitrogen and oxygen atoms in total. The van der Waals surface area contributed by atoms with E-state index in [1.54, 1.807) is 6.07 Å². The summed E-state index contributed by atoms with van der Waals surface area (Å²) in [5, 5.41) is 0. The largest absolute Gasteiger partial charge is 0.455 e. The van der Waals surface area contributed by atoms with E-state index in [0.717, 1.165) is 23.4 Å². The highest BCUT2D eigenvalue weighted by Gasteiger charge is 2.27. The number of aryl methyl sites for hydroxylation is 3. The molecule has 1 aromatic heterocycles. The van der Waals surface area contributed by atoms with Crippen LogP contribution in [-0.2, 0) is 5.41 Å². The van der Waals surface area contributed by atoms with Crippen LogP contribution in [-0.4, -0.2) is 4.98 Å².